The van der Waals surface area contributed by atoms with E-state index >= 15 is 0 Å². The number of aliphatic hydroxyl groups excluding tert-OH is 4. The van der Waals surface area contributed by atoms with E-state index in [0.717, 1.165) is 32.1 Å². The number of ether oxygens (including phenoxy) is 6. The molecular formula is C41H62N8O14. The number of methoxy groups -OCH3 is 2. The number of fused-ring (bicyclic) bond motifs is 1. The van der Waals surface area contributed by atoms with Crippen LogP contribution in [0, 0.1) is 17.2 Å². The number of piperidine rings is 1. The van der Waals surface area contributed by atoms with Crippen molar-refractivity contribution < 1.29 is 68.0 Å². The number of anilines is 1. The molecule has 2 aromatic rings. The van der Waals surface area contributed by atoms with E-state index in [0.29, 0.717) is 42.8 Å². The molecule has 2 aromatic heterocycles. The lowest BCUT2D eigenvalue weighted by Gasteiger charge is -2.47. The van der Waals surface area contributed by atoms with Crippen LogP contribution in [-0.2, 0) is 42.8 Å². The number of unbranched alkanes of at least 4 members (excludes halogenated alkanes) is 5. The SMILES string of the molecule is CO[C@@H]1OC(CO)[C@@H](O)[C@H](O[C@@H]2OC(C(=O)NCCCCCCCCOC(=O)n3ccc4c(N(C)[C@H]5CN(C(=O)CC#N)CC[C@H]5C)ncnc43)[C@@H](OC)[C@H](O)C2O)C1NC(C)=O. The number of carbonyl (C=O) groups is 4. The van der Waals surface area contributed by atoms with Crippen LogP contribution < -0.4 is 15.5 Å². The maximum Gasteiger partial charge on any atom is 0.419 e. The standard InChI is InChI=1S/C41H62N8O14/c1-23-13-17-48(28(52)12-15-42)20-26(23)47(3)36-25-14-18-49(37(25)45-22-44-36)41(57)60-19-11-9-7-6-8-10-16-43-38(56)35-34(58-4)31(54)32(55)40(63-35)62-33-29(46-24(2)51)39(59-5)61-27(21-50)30(33)53/h14,18,22-23,26-27,29-35,39-40,50,53-55H,6-13,16-17,19-21H2,1-5H3,(H,43,56)(H,46,51)/t23-,26+,27?,29?,30-,31-,32?,33-,34+,35?,39-,40-/m1/s1. The Morgan fingerprint density at radius 1 is 0.984 bits per heavy atom. The third-order valence-electron chi connectivity index (χ3n) is 11.9. The summed E-state index contributed by atoms with van der Waals surface area (Å²) in [5.74, 6) is -0.442. The second kappa shape index (κ2) is 23.4. The third kappa shape index (κ3) is 12.0. The van der Waals surface area contributed by atoms with Gasteiger partial charge in [-0.25, -0.2) is 19.3 Å². The molecule has 3 fully saturated rings. The predicted octanol–water partition coefficient (Wildman–Crippen LogP) is -0.464. The van der Waals surface area contributed by atoms with Crippen molar-refractivity contribution >= 4 is 40.7 Å². The number of nitrogens with zero attached hydrogens (tertiary/aromatic N) is 6. The molecule has 0 spiro atoms. The molecule has 5 heterocycles. The van der Waals surface area contributed by atoms with Crippen LogP contribution in [-0.4, -0.2) is 185 Å². The number of nitriles is 1. The Hall–Kier alpha value is -4.57. The first-order valence-electron chi connectivity index (χ1n) is 21.3. The van der Waals surface area contributed by atoms with Crippen LogP contribution >= 0.6 is 0 Å². The summed E-state index contributed by atoms with van der Waals surface area (Å²) in [6.07, 6.45) is -5.31. The highest BCUT2D eigenvalue weighted by atomic mass is 16.7. The van der Waals surface area contributed by atoms with Crippen molar-refractivity contribution in [2.75, 3.05) is 59.0 Å². The molecule has 22 heteroatoms. The van der Waals surface area contributed by atoms with Crippen molar-refractivity contribution in [2.24, 2.45) is 5.92 Å². The monoisotopic (exact) mass is 890 g/mol. The van der Waals surface area contributed by atoms with Crippen LogP contribution in [0.1, 0.15) is 65.2 Å². The largest absolute Gasteiger partial charge is 0.449 e. The molecule has 3 aliphatic rings. The predicted molar refractivity (Wildman–Crippen MR) is 220 cm³/mol. The number of likely N-dealkylation sites (tertiary alicyclic amines) is 1. The number of aromatic nitrogens is 3. The first-order chi connectivity index (χ1) is 30.3. The van der Waals surface area contributed by atoms with E-state index in [1.54, 1.807) is 17.2 Å². The summed E-state index contributed by atoms with van der Waals surface area (Å²) in [6, 6.07) is 2.54. The van der Waals surface area contributed by atoms with Crippen molar-refractivity contribution in [3.63, 3.8) is 0 Å². The van der Waals surface area contributed by atoms with Crippen LogP contribution in [0.5, 0.6) is 0 Å². The van der Waals surface area contributed by atoms with Crippen LogP contribution in [0.4, 0.5) is 10.6 Å². The normalized spacial score (nSPS) is 29.7. The summed E-state index contributed by atoms with van der Waals surface area (Å²) in [5, 5.41) is 57.5. The second-order valence-corrected chi connectivity index (χ2v) is 16.2. The number of hydrogen-bond donors (Lipinski definition) is 6. The molecule has 0 saturated carbocycles. The van der Waals surface area contributed by atoms with Gasteiger partial charge in [-0.05, 0) is 31.2 Å². The van der Waals surface area contributed by atoms with Crippen molar-refractivity contribution in [2.45, 2.75) is 133 Å². The molecule has 0 aromatic carbocycles. The highest BCUT2D eigenvalue weighted by Crippen LogP contribution is 2.32. The molecule has 0 bridgehead atoms. The van der Waals surface area contributed by atoms with Gasteiger partial charge in [0.05, 0.1) is 30.7 Å². The molecule has 63 heavy (non-hydrogen) atoms. The first-order valence-corrected chi connectivity index (χ1v) is 21.3. The molecule has 350 valence electrons. The van der Waals surface area contributed by atoms with Crippen molar-refractivity contribution in [1.29, 1.82) is 5.26 Å². The van der Waals surface area contributed by atoms with Gasteiger partial charge in [-0.1, -0.05) is 32.6 Å². The Balaban J connectivity index is 1.03. The summed E-state index contributed by atoms with van der Waals surface area (Å²) >= 11 is 0. The maximum absolute atomic E-state index is 13.3. The molecule has 4 unspecified atom stereocenters. The Morgan fingerprint density at radius 2 is 1.71 bits per heavy atom. The van der Waals surface area contributed by atoms with E-state index in [1.807, 2.05) is 18.0 Å². The highest BCUT2D eigenvalue weighted by Gasteiger charge is 2.53. The lowest BCUT2D eigenvalue weighted by Crippen LogP contribution is -2.68. The maximum atomic E-state index is 13.3. The number of rotatable bonds is 19. The zero-order valence-corrected chi connectivity index (χ0v) is 36.4. The average Bonchev–Trinajstić information content (AvgIpc) is 3.71. The summed E-state index contributed by atoms with van der Waals surface area (Å²) in [4.78, 5) is 63.4. The minimum atomic E-state index is -1.73. The summed E-state index contributed by atoms with van der Waals surface area (Å²) in [6.45, 7) is 4.28. The molecule has 3 aliphatic heterocycles. The molecule has 6 N–H and O–H groups in total. The van der Waals surface area contributed by atoms with E-state index in [-0.39, 0.29) is 37.4 Å². The fraction of sp³-hybridized carbons (Fsp3) is 0.732. The number of hydrogen-bond acceptors (Lipinski definition) is 18. The molecule has 3 saturated heterocycles. The molecule has 22 nitrogen and oxygen atoms in total. The first kappa shape index (κ1) is 49.4. The average molecular weight is 891 g/mol. The van der Waals surface area contributed by atoms with Gasteiger partial charge in [0, 0.05) is 54.0 Å². The van der Waals surface area contributed by atoms with Crippen LogP contribution in [0.25, 0.3) is 11.0 Å². The Morgan fingerprint density at radius 3 is 2.40 bits per heavy atom. The molecule has 0 radical (unpaired) electrons. The molecule has 3 amide bonds. The molecular weight excluding hydrogens is 828 g/mol. The second-order valence-electron chi connectivity index (χ2n) is 16.2. The Labute approximate surface area is 365 Å². The van der Waals surface area contributed by atoms with Gasteiger partial charge in [0.1, 0.15) is 61.2 Å². The summed E-state index contributed by atoms with van der Waals surface area (Å²) in [5.41, 5.74) is 0.406. The van der Waals surface area contributed by atoms with Crippen molar-refractivity contribution in [1.82, 2.24) is 30.1 Å². The minimum Gasteiger partial charge on any atom is -0.449 e. The Kier molecular flexibility index (Phi) is 18.4. The number of carbonyl (C=O) groups excluding carboxylic acids is 4. The lowest BCUT2D eigenvalue weighted by molar-refractivity contribution is -0.338. The summed E-state index contributed by atoms with van der Waals surface area (Å²) in [7, 11) is 4.45. The zero-order chi connectivity index (χ0) is 45.8. The Bertz CT molecular complexity index is 1880. The molecule has 0 aliphatic carbocycles. The minimum absolute atomic E-state index is 0.0466. The fourth-order valence-corrected chi connectivity index (χ4v) is 8.36. The lowest BCUT2D eigenvalue weighted by atomic mass is 9.92. The zero-order valence-electron chi connectivity index (χ0n) is 36.4. The van der Waals surface area contributed by atoms with Crippen LogP contribution in [0.2, 0.25) is 0 Å². The number of likely N-dealkylation sites (N-methyl/N-ethyl adjacent to an activating group) is 1. The fourth-order valence-electron chi connectivity index (χ4n) is 8.36. The van der Waals surface area contributed by atoms with Gasteiger partial charge in [-0.15, -0.1) is 0 Å². The van der Waals surface area contributed by atoms with E-state index in [2.05, 4.69) is 27.5 Å². The van der Waals surface area contributed by atoms with Gasteiger partial charge in [0.15, 0.2) is 24.3 Å². The number of nitrogens with one attached hydrogen (secondary N) is 2. The number of aliphatic hydroxyl groups is 4. The van der Waals surface area contributed by atoms with Crippen molar-refractivity contribution in [3.8, 4) is 6.07 Å². The van der Waals surface area contributed by atoms with Gasteiger partial charge in [0.2, 0.25) is 11.8 Å². The van der Waals surface area contributed by atoms with E-state index in [4.69, 9.17) is 33.7 Å². The summed E-state index contributed by atoms with van der Waals surface area (Å²) < 4.78 is 34.8. The quantitative estimate of drug-likeness (QED) is 0.0973. The highest BCUT2D eigenvalue weighted by molar-refractivity contribution is 5.93. The van der Waals surface area contributed by atoms with Gasteiger partial charge in [0.25, 0.3) is 5.91 Å². The van der Waals surface area contributed by atoms with Gasteiger partial charge in [-0.2, -0.15) is 5.26 Å². The third-order valence-corrected chi connectivity index (χ3v) is 11.9. The van der Waals surface area contributed by atoms with E-state index < -0.39 is 85.9 Å². The van der Waals surface area contributed by atoms with E-state index in [1.165, 1.54) is 32.0 Å². The van der Waals surface area contributed by atoms with Gasteiger partial charge >= 0.3 is 6.09 Å². The van der Waals surface area contributed by atoms with Crippen LogP contribution in [0.15, 0.2) is 18.6 Å². The van der Waals surface area contributed by atoms with Gasteiger partial charge in [-0.3, -0.25) is 14.4 Å². The number of amides is 3. The molecule has 12 atom stereocenters. The van der Waals surface area contributed by atoms with Gasteiger partial charge < -0.3 is 69.3 Å². The smallest absolute Gasteiger partial charge is 0.419 e. The van der Waals surface area contributed by atoms with Crippen LogP contribution in [0.3, 0.4) is 0 Å². The van der Waals surface area contributed by atoms with Crippen molar-refractivity contribution in [3.05, 3.63) is 18.6 Å². The topological polar surface area (TPSA) is 290 Å². The molecule has 5 rings (SSSR count). The van der Waals surface area contributed by atoms with E-state index in [9.17, 15) is 39.6 Å².